The van der Waals surface area contributed by atoms with E-state index in [1.54, 1.807) is 0 Å². The minimum absolute atomic E-state index is 0.940. The molecule has 37 valence electrons. The molecule has 1 aliphatic heterocycles. The smallest absolute Gasteiger partial charge is 0.0749 e. The zero-order valence-electron chi connectivity index (χ0n) is 4.31. The Balaban J connectivity index is 2.67. The van der Waals surface area contributed by atoms with Crippen molar-refractivity contribution in [2.45, 2.75) is 6.54 Å². The van der Waals surface area contributed by atoms with Crippen molar-refractivity contribution in [1.29, 1.82) is 0 Å². The molecule has 2 rings (SSSR count). The highest BCUT2D eigenvalue weighted by atomic mass is 15.0. The van der Waals surface area contributed by atoms with Crippen LogP contribution in [0.3, 0.4) is 0 Å². The molecule has 2 heterocycles. The summed E-state index contributed by atoms with van der Waals surface area (Å²) in [5.41, 5.74) is 1.09. The second-order valence-corrected chi connectivity index (χ2v) is 1.76. The highest BCUT2D eigenvalue weighted by molar-refractivity contribution is 5.47. The van der Waals surface area contributed by atoms with Gasteiger partial charge in [0.05, 0.1) is 6.20 Å². The quantitative estimate of drug-likeness (QED) is 0.459. The van der Waals surface area contributed by atoms with E-state index in [2.05, 4.69) is 24.4 Å². The second kappa shape index (κ2) is 1.25. The van der Waals surface area contributed by atoms with Gasteiger partial charge >= 0.3 is 0 Å². The summed E-state index contributed by atoms with van der Waals surface area (Å²) in [5, 5.41) is 0. The van der Waals surface area contributed by atoms with E-state index in [1.165, 1.54) is 0 Å². The van der Waals surface area contributed by atoms with E-state index in [4.69, 9.17) is 0 Å². The van der Waals surface area contributed by atoms with Crippen molar-refractivity contribution in [2.75, 3.05) is 0 Å². The van der Waals surface area contributed by atoms with Crippen LogP contribution < -0.4 is 0 Å². The Morgan fingerprint density at radius 3 is 3.50 bits per heavy atom. The first kappa shape index (κ1) is 3.96. The fourth-order valence-electron chi connectivity index (χ4n) is 0.833. The molecule has 0 saturated carbocycles. The number of hydrogen-bond donors (Lipinski definition) is 0. The molecular formula is C7H4N. The first-order chi connectivity index (χ1) is 3.97. The van der Waals surface area contributed by atoms with Gasteiger partial charge in [-0.1, -0.05) is 6.08 Å². The van der Waals surface area contributed by atoms with Gasteiger partial charge in [0.25, 0.3) is 0 Å². The molecular weight excluding hydrogens is 98.1 g/mol. The van der Waals surface area contributed by atoms with Gasteiger partial charge in [0.1, 0.15) is 0 Å². The van der Waals surface area contributed by atoms with Gasteiger partial charge < -0.3 is 4.57 Å². The third kappa shape index (κ3) is 0.360. The molecule has 0 bridgehead atoms. The van der Waals surface area contributed by atoms with Gasteiger partial charge in [-0.05, 0) is 6.08 Å². The molecule has 0 spiro atoms. The van der Waals surface area contributed by atoms with Gasteiger partial charge in [-0.3, -0.25) is 0 Å². The minimum Gasteiger partial charge on any atom is -0.335 e. The van der Waals surface area contributed by atoms with Crippen LogP contribution in [0, 0.1) is 18.3 Å². The lowest BCUT2D eigenvalue weighted by Gasteiger charge is -1.89. The highest BCUT2D eigenvalue weighted by Crippen LogP contribution is 2.08. The molecule has 1 nitrogen and oxygen atoms in total. The zero-order valence-corrected chi connectivity index (χ0v) is 4.31. The van der Waals surface area contributed by atoms with Crippen LogP contribution in [-0.2, 0) is 6.54 Å². The summed E-state index contributed by atoms with van der Waals surface area (Å²) in [5.74, 6) is 0. The van der Waals surface area contributed by atoms with Crippen molar-refractivity contribution in [3.63, 3.8) is 0 Å². The first-order valence-electron chi connectivity index (χ1n) is 2.54. The molecule has 1 aromatic heterocycles. The number of aromatic nitrogens is 1. The van der Waals surface area contributed by atoms with E-state index in [9.17, 15) is 0 Å². The molecule has 0 aromatic carbocycles. The summed E-state index contributed by atoms with van der Waals surface area (Å²) in [6, 6.07) is 5.68. The highest BCUT2D eigenvalue weighted by Gasteiger charge is 2.00. The Bertz CT molecular complexity index is 220. The first-order valence-corrected chi connectivity index (χ1v) is 2.54. The number of rotatable bonds is 0. The Labute approximate surface area is 48.2 Å². The van der Waals surface area contributed by atoms with Crippen LogP contribution in [-0.4, -0.2) is 4.57 Å². The number of allylic oxidation sites excluding steroid dienone is 1. The molecule has 0 saturated heterocycles. The average molecular weight is 102 g/mol. The maximum Gasteiger partial charge on any atom is 0.0749 e. The van der Waals surface area contributed by atoms with E-state index in [0.717, 1.165) is 12.2 Å². The summed E-state index contributed by atoms with van der Waals surface area (Å²) < 4.78 is 1.97. The van der Waals surface area contributed by atoms with Crippen LogP contribution in [0.2, 0.25) is 0 Å². The Kier molecular flexibility index (Phi) is 0.618. The maximum absolute atomic E-state index is 2.91. The van der Waals surface area contributed by atoms with Crippen LogP contribution in [0.1, 0.15) is 5.69 Å². The van der Waals surface area contributed by atoms with Crippen LogP contribution in [0.15, 0.2) is 6.08 Å². The van der Waals surface area contributed by atoms with Crippen molar-refractivity contribution in [3.05, 3.63) is 30.1 Å². The van der Waals surface area contributed by atoms with E-state index < -0.39 is 0 Å². The fraction of sp³-hybridized carbons (Fsp3) is 0.143. The van der Waals surface area contributed by atoms with E-state index in [-0.39, 0.29) is 0 Å². The molecule has 0 atom stereocenters. The molecule has 0 unspecified atom stereocenters. The number of nitrogens with zero attached hydrogens (tertiary/aromatic N) is 1. The number of fused-ring (bicyclic) bond motifs is 1. The molecule has 0 amide bonds. The predicted octanol–water partition coefficient (Wildman–Crippen LogP) is 0.915. The van der Waals surface area contributed by atoms with Crippen LogP contribution in [0.5, 0.6) is 0 Å². The Hall–Kier alpha value is -0.980. The third-order valence-electron chi connectivity index (χ3n) is 1.24. The maximum atomic E-state index is 2.91. The summed E-state index contributed by atoms with van der Waals surface area (Å²) in [4.78, 5) is 0. The van der Waals surface area contributed by atoms with Gasteiger partial charge in [-0.2, -0.15) is 0 Å². The SMILES string of the molecule is [c]1[c]c2n([c]1)CC=C2. The summed E-state index contributed by atoms with van der Waals surface area (Å²) >= 11 is 0. The van der Waals surface area contributed by atoms with Crippen molar-refractivity contribution in [1.82, 2.24) is 4.57 Å². The third-order valence-corrected chi connectivity index (χ3v) is 1.24. The molecule has 0 fully saturated rings. The lowest BCUT2D eigenvalue weighted by Crippen LogP contribution is -1.87. The topological polar surface area (TPSA) is 4.93 Å². The Morgan fingerprint density at radius 1 is 1.62 bits per heavy atom. The van der Waals surface area contributed by atoms with Gasteiger partial charge in [0.15, 0.2) is 0 Å². The molecule has 1 heteroatoms. The summed E-state index contributed by atoms with van der Waals surface area (Å²) in [6.45, 7) is 0.940. The fourth-order valence-corrected chi connectivity index (χ4v) is 0.833. The van der Waals surface area contributed by atoms with E-state index in [0.29, 0.717) is 0 Å². The van der Waals surface area contributed by atoms with Gasteiger partial charge in [0.2, 0.25) is 0 Å². The lowest BCUT2D eigenvalue weighted by atomic mass is 10.4. The van der Waals surface area contributed by atoms with Crippen LogP contribution in [0.25, 0.3) is 6.08 Å². The monoisotopic (exact) mass is 102 g/mol. The molecule has 3 radical (unpaired) electrons. The molecule has 8 heavy (non-hydrogen) atoms. The predicted molar refractivity (Wildman–Crippen MR) is 30.0 cm³/mol. The van der Waals surface area contributed by atoms with E-state index in [1.807, 2.05) is 10.6 Å². The van der Waals surface area contributed by atoms with Crippen LogP contribution >= 0.6 is 0 Å². The van der Waals surface area contributed by atoms with Crippen molar-refractivity contribution < 1.29 is 0 Å². The summed E-state index contributed by atoms with van der Waals surface area (Å²) in [7, 11) is 0. The van der Waals surface area contributed by atoms with Gasteiger partial charge in [0, 0.05) is 24.4 Å². The van der Waals surface area contributed by atoms with Crippen molar-refractivity contribution >= 4 is 6.08 Å². The van der Waals surface area contributed by atoms with Crippen LogP contribution in [0.4, 0.5) is 0 Å². The van der Waals surface area contributed by atoms with E-state index >= 15 is 0 Å². The molecule has 1 aliphatic rings. The second-order valence-electron chi connectivity index (χ2n) is 1.76. The van der Waals surface area contributed by atoms with Crippen molar-refractivity contribution in [3.8, 4) is 0 Å². The average Bonchev–Trinajstić information content (AvgIpc) is 2.15. The normalized spacial score (nSPS) is 14.5. The zero-order chi connectivity index (χ0) is 5.40. The lowest BCUT2D eigenvalue weighted by molar-refractivity contribution is 0.839. The molecule has 0 N–H and O–H groups in total. The van der Waals surface area contributed by atoms with Gasteiger partial charge in [-0.15, -0.1) is 0 Å². The molecule has 1 aromatic rings. The largest absolute Gasteiger partial charge is 0.335 e. The Morgan fingerprint density at radius 2 is 2.62 bits per heavy atom. The molecule has 0 aliphatic carbocycles. The minimum atomic E-state index is 0.940. The summed E-state index contributed by atoms with van der Waals surface area (Å²) in [6.07, 6.45) is 6.99. The van der Waals surface area contributed by atoms with Crippen molar-refractivity contribution in [2.24, 2.45) is 0 Å². The standard InChI is InChI=1S/C7H4N/c1-3-7-4-2-6-8(7)5-1/h1,3H,5H2. The van der Waals surface area contributed by atoms with Gasteiger partial charge in [-0.25, -0.2) is 0 Å². The number of hydrogen-bond acceptors (Lipinski definition) is 0.